The molecule has 1 aliphatic rings. The molecule has 0 fully saturated rings. The smallest absolute Gasteiger partial charge is 0.220 e. The van der Waals surface area contributed by atoms with Gasteiger partial charge in [-0.2, -0.15) is 0 Å². The Bertz CT molecular complexity index is 804. The average Bonchev–Trinajstić information content (AvgIpc) is 2.98. The topological polar surface area (TPSA) is 64.6 Å². The van der Waals surface area contributed by atoms with Gasteiger partial charge in [0.15, 0.2) is 17.3 Å². The van der Waals surface area contributed by atoms with E-state index >= 15 is 0 Å². The summed E-state index contributed by atoms with van der Waals surface area (Å²) in [6, 6.07) is 15.4. The van der Waals surface area contributed by atoms with Crippen LogP contribution in [-0.2, 0) is 4.79 Å². The molecule has 1 N–H and O–H groups in total. The lowest BCUT2D eigenvalue weighted by Gasteiger charge is -2.16. The molecule has 1 aliphatic heterocycles. The van der Waals surface area contributed by atoms with Gasteiger partial charge in [-0.1, -0.05) is 37.3 Å². The summed E-state index contributed by atoms with van der Waals surface area (Å²) in [4.78, 5) is 24.7. The molecule has 148 valence electrons. The number of hydrogen-bond donors (Lipinski definition) is 1. The Hall–Kier alpha value is -2.82. The fourth-order valence-corrected chi connectivity index (χ4v) is 3.26. The molecule has 2 aromatic carbocycles. The molecule has 0 unspecified atom stereocenters. The lowest BCUT2D eigenvalue weighted by Crippen LogP contribution is -2.28. The molecule has 5 nitrogen and oxygen atoms in total. The molecule has 0 aromatic heterocycles. The van der Waals surface area contributed by atoms with Gasteiger partial charge in [0.2, 0.25) is 5.91 Å². The van der Waals surface area contributed by atoms with Crippen LogP contribution in [0.5, 0.6) is 11.5 Å². The first-order valence-corrected chi connectivity index (χ1v) is 9.92. The molecule has 1 heterocycles. The highest BCUT2D eigenvalue weighted by Crippen LogP contribution is 2.30. The number of nitrogens with one attached hydrogen (secondary N) is 1. The summed E-state index contributed by atoms with van der Waals surface area (Å²) in [5, 5.41) is 2.96. The van der Waals surface area contributed by atoms with Gasteiger partial charge in [0, 0.05) is 37.3 Å². The number of rotatable bonds is 8. The summed E-state index contributed by atoms with van der Waals surface area (Å²) < 4.78 is 11.2. The summed E-state index contributed by atoms with van der Waals surface area (Å²) in [5.41, 5.74) is 1.77. The van der Waals surface area contributed by atoms with Gasteiger partial charge in [-0.25, -0.2) is 0 Å². The van der Waals surface area contributed by atoms with E-state index in [1.165, 1.54) is 5.56 Å². The Morgan fingerprint density at radius 2 is 1.75 bits per heavy atom. The number of amides is 1. The average molecular weight is 381 g/mol. The predicted octanol–water partition coefficient (Wildman–Crippen LogP) is 4.12. The standard InChI is InChI=1S/C23H27NO4/c1-2-17(18-7-4-3-5-8-18)16-24-23(26)12-10-20(25)19-9-11-21-22(15-19)28-14-6-13-27-21/h3-5,7-9,11,15,17H,2,6,10,12-14,16H2,1H3,(H,24,26)/t17-/m0/s1. The van der Waals surface area contributed by atoms with Crippen LogP contribution in [0.4, 0.5) is 0 Å². The third-order valence-electron chi connectivity index (χ3n) is 4.96. The van der Waals surface area contributed by atoms with Crippen LogP contribution in [0, 0.1) is 0 Å². The molecule has 0 aliphatic carbocycles. The van der Waals surface area contributed by atoms with Crippen LogP contribution in [0.2, 0.25) is 0 Å². The van der Waals surface area contributed by atoms with Crippen molar-refractivity contribution in [2.75, 3.05) is 19.8 Å². The highest BCUT2D eigenvalue weighted by Gasteiger charge is 2.16. The van der Waals surface area contributed by atoms with Crippen LogP contribution in [-0.4, -0.2) is 31.4 Å². The molecule has 0 saturated carbocycles. The largest absolute Gasteiger partial charge is 0.490 e. The highest BCUT2D eigenvalue weighted by molar-refractivity contribution is 5.98. The molecule has 0 radical (unpaired) electrons. The molecule has 2 aromatic rings. The summed E-state index contributed by atoms with van der Waals surface area (Å²) in [7, 11) is 0. The van der Waals surface area contributed by atoms with E-state index < -0.39 is 0 Å². The molecule has 0 spiro atoms. The van der Waals surface area contributed by atoms with Crippen molar-refractivity contribution in [2.45, 2.75) is 38.5 Å². The van der Waals surface area contributed by atoms with Gasteiger partial charge in [-0.3, -0.25) is 9.59 Å². The Labute approximate surface area is 166 Å². The van der Waals surface area contributed by atoms with E-state index in [9.17, 15) is 9.59 Å². The Morgan fingerprint density at radius 3 is 2.50 bits per heavy atom. The maximum absolute atomic E-state index is 12.5. The lowest BCUT2D eigenvalue weighted by atomic mass is 9.96. The zero-order valence-electron chi connectivity index (χ0n) is 16.3. The number of fused-ring (bicyclic) bond motifs is 1. The van der Waals surface area contributed by atoms with E-state index in [1.807, 2.05) is 18.2 Å². The first-order chi connectivity index (χ1) is 13.7. The van der Waals surface area contributed by atoms with Crippen LogP contribution in [0.15, 0.2) is 48.5 Å². The van der Waals surface area contributed by atoms with Gasteiger partial charge in [-0.05, 0) is 30.2 Å². The van der Waals surface area contributed by atoms with Crippen LogP contribution >= 0.6 is 0 Å². The second kappa shape index (κ2) is 9.93. The number of Topliss-reactive ketones (excluding diaryl/α,β-unsaturated/α-hetero) is 1. The Morgan fingerprint density at radius 1 is 1.00 bits per heavy atom. The van der Waals surface area contributed by atoms with Crippen molar-refractivity contribution in [3.63, 3.8) is 0 Å². The molecule has 1 atom stereocenters. The molecule has 5 heteroatoms. The van der Waals surface area contributed by atoms with Crippen molar-refractivity contribution in [3.8, 4) is 11.5 Å². The summed E-state index contributed by atoms with van der Waals surface area (Å²) in [6.07, 6.45) is 2.12. The van der Waals surface area contributed by atoms with Crippen molar-refractivity contribution >= 4 is 11.7 Å². The van der Waals surface area contributed by atoms with Gasteiger partial charge in [0.1, 0.15) is 0 Å². The van der Waals surface area contributed by atoms with Crippen LogP contribution < -0.4 is 14.8 Å². The molecule has 0 saturated heterocycles. The monoisotopic (exact) mass is 381 g/mol. The number of carbonyl (C=O) groups is 2. The first kappa shape index (κ1) is 19.9. The predicted molar refractivity (Wildman–Crippen MR) is 108 cm³/mol. The van der Waals surface area contributed by atoms with E-state index in [1.54, 1.807) is 18.2 Å². The normalized spacial score (nSPS) is 14.0. The van der Waals surface area contributed by atoms with Gasteiger partial charge in [-0.15, -0.1) is 0 Å². The highest BCUT2D eigenvalue weighted by atomic mass is 16.5. The van der Waals surface area contributed by atoms with Crippen molar-refractivity contribution in [1.82, 2.24) is 5.32 Å². The number of ketones is 1. The Balaban J connectivity index is 1.49. The van der Waals surface area contributed by atoms with Gasteiger partial charge >= 0.3 is 0 Å². The molecule has 0 bridgehead atoms. The lowest BCUT2D eigenvalue weighted by molar-refractivity contribution is -0.121. The van der Waals surface area contributed by atoms with Gasteiger partial charge in [0.05, 0.1) is 13.2 Å². The molecule has 3 rings (SSSR count). The van der Waals surface area contributed by atoms with E-state index in [-0.39, 0.29) is 30.4 Å². The van der Waals surface area contributed by atoms with Crippen LogP contribution in [0.3, 0.4) is 0 Å². The van der Waals surface area contributed by atoms with Crippen molar-refractivity contribution < 1.29 is 19.1 Å². The molecule has 28 heavy (non-hydrogen) atoms. The summed E-state index contributed by atoms with van der Waals surface area (Å²) in [5.74, 6) is 1.38. The number of hydrogen-bond acceptors (Lipinski definition) is 4. The quantitative estimate of drug-likeness (QED) is 0.699. The molecular weight excluding hydrogens is 354 g/mol. The number of carbonyl (C=O) groups excluding carboxylic acids is 2. The second-order valence-corrected chi connectivity index (χ2v) is 6.96. The fourth-order valence-electron chi connectivity index (χ4n) is 3.26. The van der Waals surface area contributed by atoms with Gasteiger partial charge in [0.25, 0.3) is 0 Å². The fraction of sp³-hybridized carbons (Fsp3) is 0.391. The second-order valence-electron chi connectivity index (χ2n) is 6.96. The van der Waals surface area contributed by atoms with Crippen LogP contribution in [0.1, 0.15) is 54.4 Å². The minimum Gasteiger partial charge on any atom is -0.490 e. The van der Waals surface area contributed by atoms with Crippen molar-refractivity contribution in [3.05, 3.63) is 59.7 Å². The summed E-state index contributed by atoms with van der Waals surface area (Å²) in [6.45, 7) is 3.88. The SMILES string of the molecule is CC[C@@H](CNC(=O)CCC(=O)c1ccc2c(c1)OCCCO2)c1ccccc1. The Kier molecular flexibility index (Phi) is 7.06. The first-order valence-electron chi connectivity index (χ1n) is 9.92. The van der Waals surface area contributed by atoms with E-state index in [2.05, 4.69) is 24.4 Å². The minimum absolute atomic E-state index is 0.0686. The van der Waals surface area contributed by atoms with Crippen molar-refractivity contribution in [1.29, 1.82) is 0 Å². The molecule has 1 amide bonds. The molecular formula is C23H27NO4. The number of benzene rings is 2. The van der Waals surface area contributed by atoms with Gasteiger partial charge < -0.3 is 14.8 Å². The third kappa shape index (κ3) is 5.35. The number of ether oxygens (including phenoxy) is 2. The zero-order valence-corrected chi connectivity index (χ0v) is 16.3. The third-order valence-corrected chi connectivity index (χ3v) is 4.96. The van der Waals surface area contributed by atoms with E-state index in [0.29, 0.717) is 36.8 Å². The zero-order chi connectivity index (χ0) is 19.8. The van der Waals surface area contributed by atoms with Crippen molar-refractivity contribution in [2.24, 2.45) is 0 Å². The maximum Gasteiger partial charge on any atom is 0.220 e. The minimum atomic E-state index is -0.0999. The van der Waals surface area contributed by atoms with E-state index in [4.69, 9.17) is 9.47 Å². The van der Waals surface area contributed by atoms with E-state index in [0.717, 1.165) is 12.8 Å². The van der Waals surface area contributed by atoms with Crippen LogP contribution in [0.25, 0.3) is 0 Å². The summed E-state index contributed by atoms with van der Waals surface area (Å²) >= 11 is 0. The maximum atomic E-state index is 12.5.